The Balaban J connectivity index is 1.66. The van der Waals surface area contributed by atoms with Gasteiger partial charge in [-0.25, -0.2) is 0 Å². The van der Waals surface area contributed by atoms with Crippen LogP contribution < -0.4 is 0 Å². The molecule has 0 saturated carbocycles. The summed E-state index contributed by atoms with van der Waals surface area (Å²) in [4.78, 5) is 2.39. The van der Waals surface area contributed by atoms with Crippen LogP contribution in [-0.4, -0.2) is 28.2 Å². The van der Waals surface area contributed by atoms with Crippen molar-refractivity contribution in [1.82, 2.24) is 15.1 Å². The summed E-state index contributed by atoms with van der Waals surface area (Å²) in [5, 5.41) is 8.30. The molecule has 0 N–H and O–H groups in total. The summed E-state index contributed by atoms with van der Waals surface area (Å²) in [7, 11) is 0. The number of aromatic nitrogens is 2. The van der Waals surface area contributed by atoms with Crippen LogP contribution in [0.5, 0.6) is 0 Å². The van der Waals surface area contributed by atoms with Crippen LogP contribution >= 0.6 is 15.9 Å². The molecule has 0 radical (unpaired) electrons. The zero-order valence-electron chi connectivity index (χ0n) is 11.6. The van der Waals surface area contributed by atoms with E-state index in [0.717, 1.165) is 35.6 Å². The first-order valence-corrected chi connectivity index (χ1v) is 7.80. The molecule has 0 spiro atoms. The summed E-state index contributed by atoms with van der Waals surface area (Å²) >= 11 is 3.42. The van der Waals surface area contributed by atoms with Gasteiger partial charge < -0.3 is 4.42 Å². The Morgan fingerprint density at radius 3 is 2.60 bits per heavy atom. The lowest BCUT2D eigenvalue weighted by Crippen LogP contribution is -2.32. The van der Waals surface area contributed by atoms with Crippen molar-refractivity contribution in [3.05, 3.63) is 34.6 Å². The van der Waals surface area contributed by atoms with Crippen LogP contribution in [0.3, 0.4) is 0 Å². The molecule has 1 saturated heterocycles. The molecule has 5 heteroatoms. The van der Waals surface area contributed by atoms with E-state index >= 15 is 0 Å². The van der Waals surface area contributed by atoms with Gasteiger partial charge in [-0.2, -0.15) is 0 Å². The number of hydrogen-bond acceptors (Lipinski definition) is 4. The van der Waals surface area contributed by atoms with Crippen LogP contribution in [0, 0.1) is 5.92 Å². The Hall–Kier alpha value is -1.20. The van der Waals surface area contributed by atoms with Gasteiger partial charge in [-0.1, -0.05) is 22.9 Å². The fourth-order valence-electron chi connectivity index (χ4n) is 2.44. The number of rotatable bonds is 3. The SMILES string of the molecule is CC1CCN(Cc2nnc(-c3ccc(Br)cc3)o2)CC1. The molecule has 1 aliphatic heterocycles. The highest BCUT2D eigenvalue weighted by Gasteiger charge is 2.18. The van der Waals surface area contributed by atoms with Crippen molar-refractivity contribution in [2.24, 2.45) is 5.92 Å². The molecule has 2 heterocycles. The average molecular weight is 336 g/mol. The lowest BCUT2D eigenvalue weighted by Gasteiger charge is -2.28. The van der Waals surface area contributed by atoms with Crippen LogP contribution in [0.4, 0.5) is 0 Å². The molecular weight excluding hydrogens is 318 g/mol. The van der Waals surface area contributed by atoms with E-state index in [9.17, 15) is 0 Å². The molecule has 106 valence electrons. The zero-order valence-corrected chi connectivity index (χ0v) is 13.1. The van der Waals surface area contributed by atoms with Crippen molar-refractivity contribution in [2.45, 2.75) is 26.3 Å². The molecule has 4 nitrogen and oxygen atoms in total. The van der Waals surface area contributed by atoms with Gasteiger partial charge in [-0.3, -0.25) is 4.90 Å². The minimum Gasteiger partial charge on any atom is -0.419 e. The first kappa shape index (κ1) is 13.8. The van der Waals surface area contributed by atoms with Crippen molar-refractivity contribution < 1.29 is 4.42 Å². The van der Waals surface area contributed by atoms with Crippen molar-refractivity contribution in [3.63, 3.8) is 0 Å². The lowest BCUT2D eigenvalue weighted by molar-refractivity contribution is 0.171. The van der Waals surface area contributed by atoms with Crippen LogP contribution in [0.25, 0.3) is 11.5 Å². The molecule has 0 amide bonds. The molecule has 3 rings (SSSR count). The monoisotopic (exact) mass is 335 g/mol. The molecule has 20 heavy (non-hydrogen) atoms. The van der Waals surface area contributed by atoms with Gasteiger partial charge in [0.2, 0.25) is 11.8 Å². The Bertz CT molecular complexity index is 559. The number of likely N-dealkylation sites (tertiary alicyclic amines) is 1. The third kappa shape index (κ3) is 3.27. The Kier molecular flexibility index (Phi) is 4.17. The predicted molar refractivity (Wildman–Crippen MR) is 81.1 cm³/mol. The van der Waals surface area contributed by atoms with E-state index in [1.165, 1.54) is 12.8 Å². The number of hydrogen-bond donors (Lipinski definition) is 0. The molecule has 0 unspecified atom stereocenters. The van der Waals surface area contributed by atoms with Crippen LogP contribution in [0.2, 0.25) is 0 Å². The largest absolute Gasteiger partial charge is 0.419 e. The summed E-state index contributed by atoms with van der Waals surface area (Å²) in [6.07, 6.45) is 2.52. The summed E-state index contributed by atoms with van der Waals surface area (Å²) in [5.74, 6) is 2.14. The third-order valence-corrected chi connectivity index (χ3v) is 4.32. The van der Waals surface area contributed by atoms with Gasteiger partial charge in [-0.15, -0.1) is 10.2 Å². The zero-order chi connectivity index (χ0) is 13.9. The highest BCUT2D eigenvalue weighted by Crippen LogP contribution is 2.22. The Labute approximate surface area is 127 Å². The second kappa shape index (κ2) is 6.06. The first-order valence-electron chi connectivity index (χ1n) is 7.01. The van der Waals surface area contributed by atoms with Crippen molar-refractivity contribution in [3.8, 4) is 11.5 Å². The second-order valence-electron chi connectivity index (χ2n) is 5.47. The normalized spacial score (nSPS) is 17.5. The highest BCUT2D eigenvalue weighted by molar-refractivity contribution is 9.10. The maximum Gasteiger partial charge on any atom is 0.247 e. The van der Waals surface area contributed by atoms with Gasteiger partial charge in [0.25, 0.3) is 0 Å². The summed E-state index contributed by atoms with van der Waals surface area (Å²) in [6, 6.07) is 7.91. The molecule has 1 aromatic heterocycles. The fraction of sp³-hybridized carbons (Fsp3) is 0.467. The van der Waals surface area contributed by atoms with E-state index in [-0.39, 0.29) is 0 Å². The van der Waals surface area contributed by atoms with Gasteiger partial charge in [0.1, 0.15) is 0 Å². The molecule has 1 aliphatic rings. The van der Waals surface area contributed by atoms with E-state index in [1.54, 1.807) is 0 Å². The molecular formula is C15H18BrN3O. The highest BCUT2D eigenvalue weighted by atomic mass is 79.9. The summed E-state index contributed by atoms with van der Waals surface area (Å²) in [5.41, 5.74) is 0.958. The maximum absolute atomic E-state index is 5.76. The van der Waals surface area contributed by atoms with Crippen molar-refractivity contribution in [1.29, 1.82) is 0 Å². The molecule has 1 fully saturated rings. The Morgan fingerprint density at radius 2 is 1.90 bits per heavy atom. The first-order chi connectivity index (χ1) is 9.70. The van der Waals surface area contributed by atoms with Crippen LogP contribution in [-0.2, 0) is 6.54 Å². The van der Waals surface area contributed by atoms with E-state index < -0.39 is 0 Å². The maximum atomic E-state index is 5.76. The third-order valence-electron chi connectivity index (χ3n) is 3.79. The van der Waals surface area contributed by atoms with Gasteiger partial charge in [-0.05, 0) is 56.1 Å². The fourth-order valence-corrected chi connectivity index (χ4v) is 2.70. The van der Waals surface area contributed by atoms with Crippen LogP contribution in [0.15, 0.2) is 33.2 Å². The molecule has 1 aromatic carbocycles. The molecule has 0 bridgehead atoms. The van der Waals surface area contributed by atoms with Crippen molar-refractivity contribution >= 4 is 15.9 Å². The van der Waals surface area contributed by atoms with Gasteiger partial charge in [0, 0.05) is 10.0 Å². The van der Waals surface area contributed by atoms with E-state index in [2.05, 4.69) is 38.0 Å². The minimum atomic E-state index is 0.595. The molecule has 0 aliphatic carbocycles. The second-order valence-corrected chi connectivity index (χ2v) is 6.38. The van der Waals surface area contributed by atoms with Gasteiger partial charge in [0.05, 0.1) is 6.54 Å². The number of piperidine rings is 1. The van der Waals surface area contributed by atoms with Crippen molar-refractivity contribution in [2.75, 3.05) is 13.1 Å². The smallest absolute Gasteiger partial charge is 0.247 e. The van der Waals surface area contributed by atoms with E-state index in [4.69, 9.17) is 4.42 Å². The predicted octanol–water partition coefficient (Wildman–Crippen LogP) is 3.73. The molecule has 0 atom stereocenters. The summed E-state index contributed by atoms with van der Waals surface area (Å²) < 4.78 is 6.80. The van der Waals surface area contributed by atoms with Gasteiger partial charge in [0.15, 0.2) is 0 Å². The average Bonchev–Trinajstić information content (AvgIpc) is 2.91. The Morgan fingerprint density at radius 1 is 1.20 bits per heavy atom. The number of benzene rings is 1. The van der Waals surface area contributed by atoms with Gasteiger partial charge >= 0.3 is 0 Å². The summed E-state index contributed by atoms with van der Waals surface area (Å²) in [6.45, 7) is 5.32. The van der Waals surface area contributed by atoms with Crippen LogP contribution in [0.1, 0.15) is 25.7 Å². The molecule has 2 aromatic rings. The minimum absolute atomic E-state index is 0.595. The number of halogens is 1. The lowest BCUT2D eigenvalue weighted by atomic mass is 9.99. The standard InChI is InChI=1S/C15H18BrN3O/c1-11-6-8-19(9-7-11)10-14-17-18-15(20-14)12-2-4-13(16)5-3-12/h2-5,11H,6-10H2,1H3. The van der Waals surface area contributed by atoms with E-state index in [0.29, 0.717) is 11.8 Å². The van der Waals surface area contributed by atoms with E-state index in [1.807, 2.05) is 24.3 Å². The quantitative estimate of drug-likeness (QED) is 0.856. The topological polar surface area (TPSA) is 42.2 Å². The number of nitrogens with zero attached hydrogens (tertiary/aromatic N) is 3.